The highest BCUT2D eigenvalue weighted by atomic mass is 32.2. The summed E-state index contributed by atoms with van der Waals surface area (Å²) in [4.78, 5) is 17.6. The highest BCUT2D eigenvalue weighted by molar-refractivity contribution is 7.89. The summed E-state index contributed by atoms with van der Waals surface area (Å²) in [6.45, 7) is 2.29. The number of hydrogen-bond donors (Lipinski definition) is 1. The van der Waals surface area contributed by atoms with E-state index in [1.54, 1.807) is 53.0 Å². The molecule has 1 aromatic heterocycles. The molecule has 1 N–H and O–H groups in total. The number of nitrogens with zero attached hydrogens (tertiary/aromatic N) is 3. The van der Waals surface area contributed by atoms with Crippen LogP contribution in [0.1, 0.15) is 24.0 Å². The molecule has 0 atom stereocenters. The van der Waals surface area contributed by atoms with Crippen LogP contribution in [0.2, 0.25) is 0 Å². The fourth-order valence-electron chi connectivity index (χ4n) is 3.55. The van der Waals surface area contributed by atoms with Gasteiger partial charge < -0.3 is 9.47 Å². The van der Waals surface area contributed by atoms with Gasteiger partial charge in [-0.25, -0.2) is 22.5 Å². The number of aryl methyl sites for hydroxylation is 1. The van der Waals surface area contributed by atoms with E-state index in [1.165, 1.54) is 18.5 Å². The maximum absolute atomic E-state index is 14.4. The van der Waals surface area contributed by atoms with Gasteiger partial charge in [-0.15, -0.1) is 0 Å². The molecular weight excluding hydrogens is 407 g/mol. The first-order valence-corrected chi connectivity index (χ1v) is 11.0. The minimum absolute atomic E-state index is 0.0456. The van der Waals surface area contributed by atoms with E-state index in [0.717, 1.165) is 6.42 Å². The number of halogens is 1. The molecule has 0 unspecified atom stereocenters. The molecule has 1 aliphatic heterocycles. The predicted molar refractivity (Wildman–Crippen MR) is 110 cm³/mol. The van der Waals surface area contributed by atoms with Crippen LogP contribution in [0.15, 0.2) is 60.0 Å². The third-order valence-electron chi connectivity index (χ3n) is 5.09. The van der Waals surface area contributed by atoms with Gasteiger partial charge in [0.15, 0.2) is 0 Å². The normalized spacial score (nSPS) is 14.5. The van der Waals surface area contributed by atoms with Crippen LogP contribution < -0.4 is 9.62 Å². The topological polar surface area (TPSA) is 84.3 Å². The molecule has 1 saturated heterocycles. The van der Waals surface area contributed by atoms with Crippen molar-refractivity contribution < 1.29 is 17.6 Å². The van der Waals surface area contributed by atoms with Crippen LogP contribution in [0.5, 0.6) is 0 Å². The number of aromatic nitrogens is 2. The van der Waals surface area contributed by atoms with Crippen LogP contribution in [0.4, 0.5) is 10.1 Å². The third-order valence-corrected chi connectivity index (χ3v) is 6.66. The number of hydrogen-bond acceptors (Lipinski definition) is 4. The van der Waals surface area contributed by atoms with Crippen molar-refractivity contribution in [1.29, 1.82) is 0 Å². The second kappa shape index (κ2) is 8.00. The molecule has 2 heterocycles. The van der Waals surface area contributed by atoms with Gasteiger partial charge >= 0.3 is 0 Å². The van der Waals surface area contributed by atoms with Gasteiger partial charge in [-0.1, -0.05) is 6.07 Å². The third kappa shape index (κ3) is 3.99. The summed E-state index contributed by atoms with van der Waals surface area (Å²) in [6.07, 6.45) is 5.98. The van der Waals surface area contributed by atoms with Gasteiger partial charge in [-0.2, -0.15) is 0 Å². The lowest BCUT2D eigenvalue weighted by Crippen LogP contribution is -2.26. The Hall–Kier alpha value is -3.04. The highest BCUT2D eigenvalue weighted by Crippen LogP contribution is 2.26. The fraction of sp³-hybridized carbons (Fsp3) is 0.238. The Balaban J connectivity index is 1.49. The smallest absolute Gasteiger partial charge is 0.241 e. The monoisotopic (exact) mass is 428 g/mol. The summed E-state index contributed by atoms with van der Waals surface area (Å²) in [7, 11) is -3.80. The zero-order valence-corrected chi connectivity index (χ0v) is 17.2. The lowest BCUT2D eigenvalue weighted by molar-refractivity contribution is -0.117. The first kappa shape index (κ1) is 20.2. The van der Waals surface area contributed by atoms with Gasteiger partial charge in [0, 0.05) is 37.6 Å². The van der Waals surface area contributed by atoms with Crippen molar-refractivity contribution in [3.8, 4) is 5.69 Å². The second-order valence-electron chi connectivity index (χ2n) is 7.18. The molecule has 1 fully saturated rings. The fourth-order valence-corrected chi connectivity index (χ4v) is 4.79. The zero-order valence-electron chi connectivity index (χ0n) is 16.4. The maximum atomic E-state index is 14.4. The molecule has 0 spiro atoms. The lowest BCUT2D eigenvalue weighted by atomic mass is 10.2. The van der Waals surface area contributed by atoms with Crippen molar-refractivity contribution in [3.63, 3.8) is 0 Å². The van der Waals surface area contributed by atoms with Gasteiger partial charge in [-0.3, -0.25) is 4.79 Å². The Morgan fingerprint density at radius 3 is 2.67 bits per heavy atom. The molecule has 0 radical (unpaired) electrons. The molecule has 0 aliphatic carbocycles. The summed E-state index contributed by atoms with van der Waals surface area (Å²) in [5, 5.41) is 0. The Labute approximate surface area is 174 Å². The van der Waals surface area contributed by atoms with Crippen molar-refractivity contribution in [2.24, 2.45) is 0 Å². The Morgan fingerprint density at radius 1 is 1.20 bits per heavy atom. The molecule has 0 bridgehead atoms. The molecule has 30 heavy (non-hydrogen) atoms. The largest absolute Gasteiger partial charge is 0.312 e. The summed E-state index contributed by atoms with van der Waals surface area (Å²) < 4.78 is 44.0. The van der Waals surface area contributed by atoms with Crippen LogP contribution in [0, 0.1) is 12.7 Å². The van der Waals surface area contributed by atoms with Crippen LogP contribution in [0.25, 0.3) is 5.69 Å². The van der Waals surface area contributed by atoms with Crippen LogP contribution >= 0.6 is 0 Å². The summed E-state index contributed by atoms with van der Waals surface area (Å²) in [5.41, 5.74) is 2.08. The van der Waals surface area contributed by atoms with E-state index in [0.29, 0.717) is 35.5 Å². The first-order valence-electron chi connectivity index (χ1n) is 9.52. The zero-order chi connectivity index (χ0) is 21.3. The Morgan fingerprint density at radius 2 is 2.03 bits per heavy atom. The summed E-state index contributed by atoms with van der Waals surface area (Å²) in [6, 6.07) is 9.39. The summed E-state index contributed by atoms with van der Waals surface area (Å²) in [5.74, 6) is -0.426. The SMILES string of the molecule is Cc1cc(N2CCCC2=O)ccc1S(=O)(=O)NCc1ccc(-n2ccnc2)c(F)c1. The van der Waals surface area contributed by atoms with E-state index in [9.17, 15) is 17.6 Å². The molecule has 4 rings (SSSR count). The molecular formula is C21H21FN4O3S. The lowest BCUT2D eigenvalue weighted by Gasteiger charge is -2.18. The Bertz CT molecular complexity index is 1190. The van der Waals surface area contributed by atoms with Crippen molar-refractivity contribution >= 4 is 21.6 Å². The van der Waals surface area contributed by atoms with Gasteiger partial charge in [-0.05, 0) is 54.8 Å². The van der Waals surface area contributed by atoms with E-state index in [-0.39, 0.29) is 17.3 Å². The minimum Gasteiger partial charge on any atom is -0.312 e. The van der Waals surface area contributed by atoms with E-state index in [2.05, 4.69) is 9.71 Å². The number of nitrogens with one attached hydrogen (secondary N) is 1. The number of carbonyl (C=O) groups is 1. The molecule has 0 saturated carbocycles. The number of imidazole rings is 1. The van der Waals surface area contributed by atoms with Gasteiger partial charge in [0.2, 0.25) is 15.9 Å². The highest BCUT2D eigenvalue weighted by Gasteiger charge is 2.24. The number of benzene rings is 2. The van der Waals surface area contributed by atoms with E-state index >= 15 is 0 Å². The predicted octanol–water partition coefficient (Wildman–Crippen LogP) is 2.93. The van der Waals surface area contributed by atoms with E-state index in [1.807, 2.05) is 0 Å². The molecule has 2 aromatic carbocycles. The maximum Gasteiger partial charge on any atom is 0.241 e. The number of amides is 1. The number of rotatable bonds is 6. The van der Waals surface area contributed by atoms with Crippen LogP contribution in [0.3, 0.4) is 0 Å². The van der Waals surface area contributed by atoms with E-state index < -0.39 is 15.8 Å². The average molecular weight is 428 g/mol. The Kier molecular flexibility index (Phi) is 5.40. The number of anilines is 1. The second-order valence-corrected chi connectivity index (χ2v) is 8.91. The van der Waals surface area contributed by atoms with Crippen molar-refractivity contribution in [1.82, 2.24) is 14.3 Å². The minimum atomic E-state index is -3.80. The first-order chi connectivity index (χ1) is 14.3. The van der Waals surface area contributed by atoms with E-state index in [4.69, 9.17) is 0 Å². The number of sulfonamides is 1. The van der Waals surface area contributed by atoms with Crippen LogP contribution in [-0.2, 0) is 21.4 Å². The van der Waals surface area contributed by atoms with Crippen LogP contribution in [-0.4, -0.2) is 30.4 Å². The van der Waals surface area contributed by atoms with Crippen molar-refractivity contribution in [2.45, 2.75) is 31.2 Å². The quantitative estimate of drug-likeness (QED) is 0.654. The van der Waals surface area contributed by atoms with Crippen molar-refractivity contribution in [2.75, 3.05) is 11.4 Å². The number of carbonyl (C=O) groups excluding carboxylic acids is 1. The molecule has 3 aromatic rings. The van der Waals surface area contributed by atoms with Gasteiger partial charge in [0.1, 0.15) is 5.82 Å². The van der Waals surface area contributed by atoms with Gasteiger partial charge in [0.05, 0.1) is 16.9 Å². The summed E-state index contributed by atoms with van der Waals surface area (Å²) >= 11 is 0. The molecule has 7 nitrogen and oxygen atoms in total. The van der Waals surface area contributed by atoms with Crippen molar-refractivity contribution in [3.05, 3.63) is 72.1 Å². The standard InChI is InChI=1S/C21H21FN4O3S/c1-15-11-17(26-9-2-3-21(26)27)5-7-20(15)30(28,29)24-13-16-4-6-19(18(22)12-16)25-10-8-23-14-25/h4-8,10-12,14,24H,2-3,9,13H2,1H3. The molecule has 9 heteroatoms. The van der Waals surface area contributed by atoms with Gasteiger partial charge in [0.25, 0.3) is 0 Å². The molecule has 156 valence electrons. The average Bonchev–Trinajstić information content (AvgIpc) is 3.38. The molecule has 1 aliphatic rings. The molecule has 1 amide bonds.